The van der Waals surface area contributed by atoms with Gasteiger partial charge in [-0.05, 0) is 55.0 Å². The number of ether oxygens (including phenoxy) is 1. The number of aliphatic hydroxyl groups is 1. The molecule has 45 heavy (non-hydrogen) atoms. The van der Waals surface area contributed by atoms with E-state index in [1.165, 1.54) is 21.4 Å². The van der Waals surface area contributed by atoms with Crippen molar-refractivity contribution in [2.75, 3.05) is 13.6 Å². The number of aromatic amines is 1. The Morgan fingerprint density at radius 1 is 1.04 bits per heavy atom. The summed E-state index contributed by atoms with van der Waals surface area (Å²) in [6, 6.07) is 14.2. The van der Waals surface area contributed by atoms with Gasteiger partial charge in [-0.1, -0.05) is 62.7 Å². The summed E-state index contributed by atoms with van der Waals surface area (Å²) >= 11 is 0. The molecule has 1 aliphatic carbocycles. The number of nitrogens with one attached hydrogen (secondary N) is 3. The van der Waals surface area contributed by atoms with E-state index in [0.29, 0.717) is 19.4 Å². The number of piperidine rings is 1. The van der Waals surface area contributed by atoms with Crippen LogP contribution in [-0.2, 0) is 32.0 Å². The van der Waals surface area contributed by atoms with Gasteiger partial charge in [-0.25, -0.2) is 0 Å². The van der Waals surface area contributed by atoms with Crippen LogP contribution in [0, 0.1) is 17.8 Å². The highest BCUT2D eigenvalue weighted by Crippen LogP contribution is 2.51. The summed E-state index contributed by atoms with van der Waals surface area (Å²) in [5.41, 5.74) is 2.71. The van der Waals surface area contributed by atoms with Gasteiger partial charge in [-0.2, -0.15) is 0 Å². The molecule has 236 valence electrons. The van der Waals surface area contributed by atoms with Crippen molar-refractivity contribution in [3.63, 3.8) is 0 Å². The van der Waals surface area contributed by atoms with Gasteiger partial charge in [0.2, 0.25) is 17.5 Å². The lowest BCUT2D eigenvalue weighted by Gasteiger charge is -2.50. The number of carbonyl (C=O) groups is 3. The standard InChI is InChI=1S/C35H41N5O5/c1-19(2)34-33(43)40-27(15-20-9-5-4-6-10-20)32(42)37-28(35(40,44)45-34)14-8-11-22-24(31(41)38-34)18-39(3)26-16-21-17-36-25-13-7-12-23(29(21)25)30(22)26/h4-7,9-10,12-13,17,19,22,24,26-28,30,36,44H,8,11,14-16,18H2,1-3H3,(H,37,42)(H,38,41)/t22?,24-,26+,27-,28-,30+,34+,35-/m0/s1. The number of hydrogen-bond donors (Lipinski definition) is 4. The van der Waals surface area contributed by atoms with Gasteiger partial charge in [0.1, 0.15) is 12.1 Å². The lowest BCUT2D eigenvalue weighted by Crippen LogP contribution is -2.72. The van der Waals surface area contributed by atoms with Crippen molar-refractivity contribution < 1.29 is 24.2 Å². The lowest BCUT2D eigenvalue weighted by molar-refractivity contribution is -0.310. The Morgan fingerprint density at radius 3 is 2.62 bits per heavy atom. The van der Waals surface area contributed by atoms with Gasteiger partial charge < -0.3 is 25.6 Å². The number of rotatable bonds is 3. The molecule has 10 heteroatoms. The monoisotopic (exact) mass is 611 g/mol. The van der Waals surface area contributed by atoms with Crippen molar-refractivity contribution in [3.8, 4) is 0 Å². The summed E-state index contributed by atoms with van der Waals surface area (Å²) in [6.07, 6.45) is 5.02. The Kier molecular flexibility index (Phi) is 6.47. The molecular weight excluding hydrogens is 570 g/mol. The van der Waals surface area contributed by atoms with E-state index < -0.39 is 41.5 Å². The normalized spacial score (nSPS) is 36.3. The number of H-pyrrole nitrogens is 1. The van der Waals surface area contributed by atoms with Crippen molar-refractivity contribution in [2.24, 2.45) is 17.8 Å². The average Bonchev–Trinajstić information content (AvgIpc) is 3.53. The van der Waals surface area contributed by atoms with E-state index in [2.05, 4.69) is 52.0 Å². The van der Waals surface area contributed by atoms with Crippen LogP contribution < -0.4 is 10.6 Å². The van der Waals surface area contributed by atoms with Crippen molar-refractivity contribution in [2.45, 2.75) is 81.6 Å². The first-order chi connectivity index (χ1) is 21.6. The first kappa shape index (κ1) is 28.7. The number of hydrogen-bond acceptors (Lipinski definition) is 6. The van der Waals surface area contributed by atoms with E-state index in [9.17, 15) is 19.5 Å². The van der Waals surface area contributed by atoms with E-state index in [-0.39, 0.29) is 36.1 Å². The molecule has 0 radical (unpaired) electrons. The number of aromatic nitrogens is 1. The molecule has 0 spiro atoms. The fourth-order valence-corrected chi connectivity index (χ4v) is 9.16. The number of carbonyl (C=O) groups excluding carboxylic acids is 3. The maximum Gasteiger partial charge on any atom is 0.281 e. The summed E-state index contributed by atoms with van der Waals surface area (Å²) in [5, 5.41) is 19.7. The van der Waals surface area contributed by atoms with Crippen LogP contribution >= 0.6 is 0 Å². The maximum atomic E-state index is 14.6. The summed E-state index contributed by atoms with van der Waals surface area (Å²) in [5.74, 6) is -4.05. The average molecular weight is 612 g/mol. The Balaban J connectivity index is 1.20. The molecule has 10 nitrogen and oxygen atoms in total. The quantitative estimate of drug-likeness (QED) is 0.361. The molecule has 4 aliphatic heterocycles. The highest BCUT2D eigenvalue weighted by atomic mass is 16.7. The lowest BCUT2D eigenvalue weighted by atomic mass is 9.64. The van der Waals surface area contributed by atoms with E-state index >= 15 is 0 Å². The van der Waals surface area contributed by atoms with Gasteiger partial charge in [0.25, 0.3) is 11.8 Å². The number of likely N-dealkylation sites (tertiary alicyclic amines) is 1. The second kappa shape index (κ2) is 10.1. The number of fused-ring (bicyclic) bond motifs is 5. The second-order valence-electron chi connectivity index (χ2n) is 14.1. The van der Waals surface area contributed by atoms with Crippen LogP contribution in [0.1, 0.15) is 55.7 Å². The van der Waals surface area contributed by atoms with Crippen LogP contribution in [0.4, 0.5) is 0 Å². The Labute approximate surface area is 262 Å². The zero-order valence-corrected chi connectivity index (χ0v) is 26.0. The molecule has 1 aromatic heterocycles. The molecule has 4 saturated heterocycles. The highest BCUT2D eigenvalue weighted by molar-refractivity contribution is 5.98. The minimum absolute atomic E-state index is 0.00616. The van der Waals surface area contributed by atoms with Crippen LogP contribution in [0.5, 0.6) is 0 Å². The molecule has 3 amide bonds. The molecule has 8 atom stereocenters. The smallest absolute Gasteiger partial charge is 0.281 e. The number of benzene rings is 2. The number of piperazine rings is 1. The molecule has 5 aliphatic rings. The molecular formula is C35H41N5O5. The fraction of sp³-hybridized carbons (Fsp3) is 0.514. The highest BCUT2D eigenvalue weighted by Gasteiger charge is 2.70. The predicted molar refractivity (Wildman–Crippen MR) is 166 cm³/mol. The molecule has 2 bridgehead atoms. The fourth-order valence-electron chi connectivity index (χ4n) is 9.16. The minimum atomic E-state index is -2.10. The molecule has 5 heterocycles. The zero-order chi connectivity index (χ0) is 31.2. The van der Waals surface area contributed by atoms with Gasteiger partial charge in [0, 0.05) is 47.9 Å². The Hall–Kier alpha value is -3.73. The predicted octanol–water partition coefficient (Wildman–Crippen LogP) is 2.62. The molecule has 4 N–H and O–H groups in total. The number of amides is 3. The second-order valence-corrected chi connectivity index (χ2v) is 14.1. The van der Waals surface area contributed by atoms with Crippen LogP contribution in [0.15, 0.2) is 54.7 Å². The van der Waals surface area contributed by atoms with Crippen LogP contribution in [0.25, 0.3) is 10.9 Å². The maximum absolute atomic E-state index is 14.6. The molecule has 3 aromatic rings. The number of nitrogens with zero attached hydrogens (tertiary/aromatic N) is 2. The summed E-state index contributed by atoms with van der Waals surface area (Å²) < 4.78 is 6.46. The first-order valence-corrected chi connectivity index (χ1v) is 16.3. The zero-order valence-electron chi connectivity index (χ0n) is 26.0. The summed E-state index contributed by atoms with van der Waals surface area (Å²) in [6.45, 7) is 4.18. The van der Waals surface area contributed by atoms with E-state index in [1.807, 2.05) is 44.2 Å². The van der Waals surface area contributed by atoms with Crippen molar-refractivity contribution >= 4 is 28.6 Å². The SMILES string of the molecule is CC(C)[C@]12NC(=O)[C@H]3CN(C)[C@@H]4Cc5c[nH]c6cccc(c56)[C@H]4C3CCC[C@@H]3NC(=O)[C@H](Cc4ccccc4)N(C1=O)[C@@]3(O)O2. The largest absolute Gasteiger partial charge is 0.361 e. The van der Waals surface area contributed by atoms with Gasteiger partial charge in [0.05, 0.1) is 5.92 Å². The molecule has 2 aromatic carbocycles. The molecule has 8 rings (SSSR count). The third kappa shape index (κ3) is 4.08. The van der Waals surface area contributed by atoms with Gasteiger partial charge in [0.15, 0.2) is 0 Å². The molecule has 1 unspecified atom stereocenters. The first-order valence-electron chi connectivity index (χ1n) is 16.3. The third-order valence-corrected chi connectivity index (χ3v) is 11.4. The van der Waals surface area contributed by atoms with Gasteiger partial charge in [-0.15, -0.1) is 0 Å². The van der Waals surface area contributed by atoms with Gasteiger partial charge in [-0.3, -0.25) is 24.0 Å². The van der Waals surface area contributed by atoms with Crippen LogP contribution in [-0.4, -0.2) is 81.0 Å². The van der Waals surface area contributed by atoms with Crippen LogP contribution in [0.3, 0.4) is 0 Å². The molecule has 0 saturated carbocycles. The van der Waals surface area contributed by atoms with Crippen LogP contribution in [0.2, 0.25) is 0 Å². The Bertz CT molecular complexity index is 1690. The van der Waals surface area contributed by atoms with Crippen molar-refractivity contribution in [3.05, 3.63) is 71.4 Å². The Morgan fingerprint density at radius 2 is 1.84 bits per heavy atom. The van der Waals surface area contributed by atoms with Gasteiger partial charge >= 0.3 is 0 Å². The van der Waals surface area contributed by atoms with E-state index in [4.69, 9.17) is 4.74 Å². The van der Waals surface area contributed by atoms with E-state index in [1.54, 1.807) is 0 Å². The summed E-state index contributed by atoms with van der Waals surface area (Å²) in [4.78, 5) is 49.8. The van der Waals surface area contributed by atoms with Crippen molar-refractivity contribution in [1.29, 1.82) is 0 Å². The number of likely N-dealkylation sites (N-methyl/N-ethyl adjacent to an activating group) is 1. The summed E-state index contributed by atoms with van der Waals surface area (Å²) in [7, 11) is 2.10. The minimum Gasteiger partial charge on any atom is -0.361 e. The topological polar surface area (TPSA) is 127 Å². The third-order valence-electron chi connectivity index (χ3n) is 11.4. The van der Waals surface area contributed by atoms with Crippen molar-refractivity contribution in [1.82, 2.24) is 25.4 Å². The molecule has 4 fully saturated rings. The van der Waals surface area contributed by atoms with E-state index in [0.717, 1.165) is 23.9 Å².